The van der Waals surface area contributed by atoms with E-state index in [1.807, 2.05) is 12.1 Å². The zero-order chi connectivity index (χ0) is 24.9. The van der Waals surface area contributed by atoms with Crippen molar-refractivity contribution in [1.29, 1.82) is 0 Å². The Morgan fingerprint density at radius 3 is 2.29 bits per heavy atom. The quantitative estimate of drug-likeness (QED) is 0.410. The van der Waals surface area contributed by atoms with Crippen LogP contribution in [0.15, 0.2) is 60.7 Å². The molecular weight excluding hydrogens is 477 g/mol. The number of benzene rings is 3. The van der Waals surface area contributed by atoms with E-state index in [4.69, 9.17) is 16.3 Å². The summed E-state index contributed by atoms with van der Waals surface area (Å²) in [5.41, 5.74) is 1.82. The number of carbonyl (C=O) groups is 1. The smallest absolute Gasteiger partial charge is 0.254 e. The molecule has 0 unspecified atom stereocenters. The zero-order valence-electron chi connectivity index (χ0n) is 19.3. The molecule has 0 N–H and O–H groups in total. The fraction of sp³-hybridized carbons (Fsp3) is 0.296. The first kappa shape index (κ1) is 25.2. The van der Waals surface area contributed by atoms with E-state index in [-0.39, 0.29) is 18.1 Å². The normalized spacial score (nSPS) is 15.3. The van der Waals surface area contributed by atoms with Gasteiger partial charge in [-0.15, -0.1) is 0 Å². The Morgan fingerprint density at radius 2 is 1.63 bits per heavy atom. The van der Waals surface area contributed by atoms with Crippen molar-refractivity contribution in [2.24, 2.45) is 0 Å². The first-order valence-corrected chi connectivity index (χ1v) is 11.8. The Bertz CT molecular complexity index is 1160. The predicted octanol–water partition coefficient (Wildman–Crippen LogP) is 5.78. The second-order valence-electron chi connectivity index (χ2n) is 8.60. The Balaban J connectivity index is 1.42. The summed E-state index contributed by atoms with van der Waals surface area (Å²) in [4.78, 5) is 16.8. The highest BCUT2D eigenvalue weighted by molar-refractivity contribution is 6.30. The lowest BCUT2D eigenvalue weighted by molar-refractivity contribution is 0.00144. The summed E-state index contributed by atoms with van der Waals surface area (Å²) in [5.74, 6) is -1.94. The molecule has 35 heavy (non-hydrogen) atoms. The number of piperazine rings is 1. The molecule has 1 aliphatic heterocycles. The van der Waals surface area contributed by atoms with Crippen molar-refractivity contribution in [3.63, 3.8) is 0 Å². The van der Waals surface area contributed by atoms with Crippen LogP contribution in [0.25, 0.3) is 0 Å². The predicted molar refractivity (Wildman–Crippen MR) is 129 cm³/mol. The van der Waals surface area contributed by atoms with Crippen LogP contribution in [0.5, 0.6) is 0 Å². The molecule has 4 rings (SSSR count). The fourth-order valence-electron chi connectivity index (χ4n) is 4.15. The van der Waals surface area contributed by atoms with Gasteiger partial charge < -0.3 is 9.64 Å². The molecule has 1 atom stereocenters. The number of nitrogens with zero attached hydrogens (tertiary/aromatic N) is 2. The highest BCUT2D eigenvalue weighted by Gasteiger charge is 2.26. The molecule has 0 saturated carbocycles. The number of halogens is 4. The number of aryl methyl sites for hydroxylation is 1. The summed E-state index contributed by atoms with van der Waals surface area (Å²) >= 11 is 6.03. The third-order valence-electron chi connectivity index (χ3n) is 6.25. The Kier molecular flexibility index (Phi) is 8.11. The molecule has 1 aliphatic rings. The fourth-order valence-corrected chi connectivity index (χ4v) is 4.27. The standard InChI is InChI=1S/C27H26ClF3N2O2/c1-18-5-10-21(29)15-22(18)27(34)33-13-11-32(12-14-33)16-26(19-6-8-20(28)9-7-19)35-17-23-24(30)3-2-4-25(23)31/h2-10,15,26H,11-14,16-17H2,1H3/t26-/m1/s1. The molecule has 1 fully saturated rings. The maximum Gasteiger partial charge on any atom is 0.254 e. The highest BCUT2D eigenvalue weighted by atomic mass is 35.5. The molecule has 184 valence electrons. The maximum absolute atomic E-state index is 14.1. The SMILES string of the molecule is Cc1ccc(F)cc1C(=O)N1CCN(C[C@@H](OCc2c(F)cccc2F)c2ccc(Cl)cc2)CC1. The van der Waals surface area contributed by atoms with Crippen LogP contribution < -0.4 is 0 Å². The van der Waals surface area contributed by atoms with Gasteiger partial charge in [-0.1, -0.05) is 35.9 Å². The molecule has 4 nitrogen and oxygen atoms in total. The monoisotopic (exact) mass is 502 g/mol. The first-order chi connectivity index (χ1) is 16.8. The van der Waals surface area contributed by atoms with Gasteiger partial charge in [-0.25, -0.2) is 13.2 Å². The average Bonchev–Trinajstić information content (AvgIpc) is 2.85. The van der Waals surface area contributed by atoms with Crippen molar-refractivity contribution in [2.75, 3.05) is 32.7 Å². The van der Waals surface area contributed by atoms with Crippen molar-refractivity contribution in [2.45, 2.75) is 19.6 Å². The largest absolute Gasteiger partial charge is 0.367 e. The van der Waals surface area contributed by atoms with Crippen LogP contribution in [0.3, 0.4) is 0 Å². The van der Waals surface area contributed by atoms with E-state index in [9.17, 15) is 18.0 Å². The van der Waals surface area contributed by atoms with E-state index >= 15 is 0 Å². The second-order valence-corrected chi connectivity index (χ2v) is 9.04. The summed E-state index contributed by atoms with van der Waals surface area (Å²) in [6.45, 7) is 4.16. The van der Waals surface area contributed by atoms with Gasteiger partial charge >= 0.3 is 0 Å². The van der Waals surface area contributed by atoms with Gasteiger partial charge in [-0.05, 0) is 54.4 Å². The molecule has 0 aliphatic carbocycles. The Labute approximate surface area is 207 Å². The first-order valence-electron chi connectivity index (χ1n) is 11.4. The Morgan fingerprint density at radius 1 is 0.971 bits per heavy atom. The lowest BCUT2D eigenvalue weighted by Crippen LogP contribution is -2.49. The number of ether oxygens (including phenoxy) is 1. The van der Waals surface area contributed by atoms with Crippen LogP contribution in [0.4, 0.5) is 13.2 Å². The van der Waals surface area contributed by atoms with Gasteiger partial charge in [0.05, 0.1) is 12.7 Å². The van der Waals surface area contributed by atoms with Gasteiger partial charge in [0, 0.05) is 48.9 Å². The second kappa shape index (κ2) is 11.2. The number of carbonyl (C=O) groups excluding carboxylic acids is 1. The summed E-state index contributed by atoms with van der Waals surface area (Å²) in [7, 11) is 0. The Hall–Kier alpha value is -2.87. The van der Waals surface area contributed by atoms with Gasteiger partial charge in [0.2, 0.25) is 0 Å². The van der Waals surface area contributed by atoms with E-state index in [0.717, 1.165) is 11.1 Å². The molecule has 0 bridgehead atoms. The van der Waals surface area contributed by atoms with Gasteiger partial charge in [0.1, 0.15) is 17.5 Å². The van der Waals surface area contributed by atoms with E-state index in [1.165, 1.54) is 30.3 Å². The molecule has 0 spiro atoms. The molecule has 3 aromatic rings. The van der Waals surface area contributed by atoms with Crippen LogP contribution in [0, 0.1) is 24.4 Å². The maximum atomic E-state index is 14.1. The lowest BCUT2D eigenvalue weighted by Gasteiger charge is -2.36. The molecule has 1 heterocycles. The summed E-state index contributed by atoms with van der Waals surface area (Å²) in [6.07, 6.45) is -0.459. The molecule has 3 aromatic carbocycles. The van der Waals surface area contributed by atoms with E-state index < -0.39 is 23.6 Å². The van der Waals surface area contributed by atoms with Gasteiger partial charge in [0.15, 0.2) is 0 Å². The van der Waals surface area contributed by atoms with E-state index in [1.54, 1.807) is 30.0 Å². The van der Waals surface area contributed by atoms with Crippen molar-refractivity contribution in [3.8, 4) is 0 Å². The van der Waals surface area contributed by atoms with E-state index in [0.29, 0.717) is 43.3 Å². The zero-order valence-corrected chi connectivity index (χ0v) is 20.1. The van der Waals surface area contributed by atoms with Gasteiger partial charge in [-0.2, -0.15) is 0 Å². The summed E-state index contributed by atoms with van der Waals surface area (Å²) in [6, 6.07) is 15.1. The van der Waals surface area contributed by atoms with Crippen LogP contribution in [-0.2, 0) is 11.3 Å². The van der Waals surface area contributed by atoms with Crippen molar-refractivity contribution >= 4 is 17.5 Å². The van der Waals surface area contributed by atoms with E-state index in [2.05, 4.69) is 4.90 Å². The van der Waals surface area contributed by atoms with Gasteiger partial charge in [-0.3, -0.25) is 9.69 Å². The van der Waals surface area contributed by atoms with Crippen LogP contribution >= 0.6 is 11.6 Å². The molecule has 0 radical (unpaired) electrons. The topological polar surface area (TPSA) is 32.8 Å². The number of rotatable bonds is 7. The summed E-state index contributed by atoms with van der Waals surface area (Å²) < 4.78 is 47.9. The van der Waals surface area contributed by atoms with Crippen molar-refractivity contribution < 1.29 is 22.7 Å². The molecular formula is C27H26ClF3N2O2. The minimum absolute atomic E-state index is 0.118. The van der Waals surface area contributed by atoms with Gasteiger partial charge in [0.25, 0.3) is 5.91 Å². The molecule has 1 saturated heterocycles. The number of hydrogen-bond acceptors (Lipinski definition) is 3. The van der Waals surface area contributed by atoms with Crippen LogP contribution in [0.1, 0.15) is 33.2 Å². The van der Waals surface area contributed by atoms with Crippen molar-refractivity contribution in [3.05, 3.63) is 105 Å². The van der Waals surface area contributed by atoms with Crippen molar-refractivity contribution in [1.82, 2.24) is 9.80 Å². The number of amides is 1. The average molecular weight is 503 g/mol. The molecule has 0 aromatic heterocycles. The van der Waals surface area contributed by atoms with Crippen LogP contribution in [-0.4, -0.2) is 48.4 Å². The lowest BCUT2D eigenvalue weighted by atomic mass is 10.1. The highest BCUT2D eigenvalue weighted by Crippen LogP contribution is 2.25. The minimum atomic E-state index is -0.653. The summed E-state index contributed by atoms with van der Waals surface area (Å²) in [5, 5.41) is 0.576. The molecule has 8 heteroatoms. The third-order valence-corrected chi connectivity index (χ3v) is 6.50. The molecule has 1 amide bonds. The number of hydrogen-bond donors (Lipinski definition) is 0. The third kappa shape index (κ3) is 6.23. The van der Waals surface area contributed by atoms with Crippen LogP contribution in [0.2, 0.25) is 5.02 Å². The minimum Gasteiger partial charge on any atom is -0.367 e.